The zero-order valence-corrected chi connectivity index (χ0v) is 12.3. The van der Waals surface area contributed by atoms with Crippen molar-refractivity contribution < 1.29 is 14.3 Å². The largest absolute Gasteiger partial charge is 0.490 e. The molecule has 1 aromatic carbocycles. The number of nitrogens with zero attached hydrogens (tertiary/aromatic N) is 2. The van der Waals surface area contributed by atoms with Crippen LogP contribution in [0.5, 0.6) is 5.75 Å². The Balaban J connectivity index is 1.82. The topological polar surface area (TPSA) is 71.0 Å². The molecule has 0 bridgehead atoms. The second-order valence-corrected chi connectivity index (χ2v) is 4.87. The van der Waals surface area contributed by atoms with E-state index in [1.165, 1.54) is 11.1 Å². The fourth-order valence-corrected chi connectivity index (χ4v) is 2.08. The van der Waals surface area contributed by atoms with E-state index in [1.54, 1.807) is 30.3 Å². The molecule has 0 saturated carbocycles. The Morgan fingerprint density at radius 3 is 2.59 bits per heavy atom. The van der Waals surface area contributed by atoms with Gasteiger partial charge >= 0.3 is 11.8 Å². The minimum Gasteiger partial charge on any atom is -0.490 e. The molecule has 6 nitrogen and oxygen atoms in total. The molecule has 1 aromatic rings. The Bertz CT molecular complexity index is 561. The third kappa shape index (κ3) is 4.44. The molecule has 0 atom stereocenters. The van der Waals surface area contributed by atoms with Crippen LogP contribution in [0.15, 0.2) is 42.0 Å². The number of hydrogen-bond acceptors (Lipinski definition) is 4. The number of hydrogen-bond donors (Lipinski definition) is 1. The molecule has 1 heterocycles. The highest BCUT2D eigenvalue weighted by Gasteiger charge is 2.23. The molecular weight excluding hydrogens is 282 g/mol. The SMILES string of the molecule is C=CCOc1ccc(/C=N\NC(=O)C(=O)N2CCCC2)cc1. The van der Waals surface area contributed by atoms with Crippen molar-refractivity contribution in [2.24, 2.45) is 5.10 Å². The summed E-state index contributed by atoms with van der Waals surface area (Å²) in [6.45, 7) is 5.30. The first-order chi connectivity index (χ1) is 10.7. The molecule has 0 spiro atoms. The van der Waals surface area contributed by atoms with E-state index in [-0.39, 0.29) is 0 Å². The Morgan fingerprint density at radius 1 is 1.27 bits per heavy atom. The average molecular weight is 301 g/mol. The summed E-state index contributed by atoms with van der Waals surface area (Å²) in [6, 6.07) is 7.19. The summed E-state index contributed by atoms with van der Waals surface area (Å²) in [5, 5.41) is 3.80. The lowest BCUT2D eigenvalue weighted by Crippen LogP contribution is -2.39. The first-order valence-electron chi connectivity index (χ1n) is 7.17. The molecule has 1 N–H and O–H groups in total. The van der Waals surface area contributed by atoms with Gasteiger partial charge in [-0.2, -0.15) is 5.10 Å². The van der Waals surface area contributed by atoms with Crippen LogP contribution in [0.4, 0.5) is 0 Å². The molecule has 0 aliphatic carbocycles. The third-order valence-corrected chi connectivity index (χ3v) is 3.22. The van der Waals surface area contributed by atoms with Gasteiger partial charge in [0.1, 0.15) is 12.4 Å². The van der Waals surface area contributed by atoms with Crippen LogP contribution >= 0.6 is 0 Å². The molecule has 2 amide bonds. The Morgan fingerprint density at radius 2 is 1.95 bits per heavy atom. The fourth-order valence-electron chi connectivity index (χ4n) is 2.08. The van der Waals surface area contributed by atoms with Crippen LogP contribution in [0.25, 0.3) is 0 Å². The van der Waals surface area contributed by atoms with Crippen molar-refractivity contribution in [2.45, 2.75) is 12.8 Å². The zero-order chi connectivity index (χ0) is 15.8. The molecule has 0 radical (unpaired) electrons. The molecule has 22 heavy (non-hydrogen) atoms. The number of likely N-dealkylation sites (tertiary alicyclic amines) is 1. The number of carbonyl (C=O) groups excluding carboxylic acids is 2. The lowest BCUT2D eigenvalue weighted by atomic mass is 10.2. The monoisotopic (exact) mass is 301 g/mol. The summed E-state index contributed by atoms with van der Waals surface area (Å²) in [5.74, 6) is -0.503. The molecule has 1 fully saturated rings. The lowest BCUT2D eigenvalue weighted by Gasteiger charge is -2.12. The average Bonchev–Trinajstić information content (AvgIpc) is 3.07. The van der Waals surface area contributed by atoms with Crippen LogP contribution in [0.3, 0.4) is 0 Å². The van der Waals surface area contributed by atoms with Crippen molar-refractivity contribution in [1.82, 2.24) is 10.3 Å². The van der Waals surface area contributed by atoms with Crippen molar-refractivity contribution in [3.8, 4) is 5.75 Å². The second-order valence-electron chi connectivity index (χ2n) is 4.87. The van der Waals surface area contributed by atoms with Crippen LogP contribution in [0.2, 0.25) is 0 Å². The van der Waals surface area contributed by atoms with E-state index in [0.717, 1.165) is 24.2 Å². The van der Waals surface area contributed by atoms with Gasteiger partial charge in [-0.15, -0.1) is 0 Å². The van der Waals surface area contributed by atoms with Gasteiger partial charge in [-0.3, -0.25) is 9.59 Å². The normalized spacial score (nSPS) is 14.1. The standard InChI is InChI=1S/C16H19N3O3/c1-2-11-22-14-7-5-13(6-8-14)12-17-18-15(20)16(21)19-9-3-4-10-19/h2,5-8,12H,1,3-4,9-11H2,(H,18,20)/b17-12-. The van der Waals surface area contributed by atoms with Gasteiger partial charge in [0.05, 0.1) is 6.21 Å². The van der Waals surface area contributed by atoms with Crippen molar-refractivity contribution in [3.05, 3.63) is 42.5 Å². The van der Waals surface area contributed by atoms with Crippen LogP contribution in [-0.4, -0.2) is 42.6 Å². The lowest BCUT2D eigenvalue weighted by molar-refractivity contribution is -0.145. The number of benzene rings is 1. The number of carbonyl (C=O) groups is 2. The van der Waals surface area contributed by atoms with Gasteiger partial charge in [-0.05, 0) is 42.7 Å². The van der Waals surface area contributed by atoms with Crippen molar-refractivity contribution in [3.63, 3.8) is 0 Å². The van der Waals surface area contributed by atoms with Crippen LogP contribution in [0.1, 0.15) is 18.4 Å². The van der Waals surface area contributed by atoms with Gasteiger partial charge in [-0.25, -0.2) is 5.43 Å². The highest BCUT2D eigenvalue weighted by atomic mass is 16.5. The van der Waals surface area contributed by atoms with Crippen LogP contribution in [-0.2, 0) is 9.59 Å². The molecule has 6 heteroatoms. The van der Waals surface area contributed by atoms with E-state index in [4.69, 9.17) is 4.74 Å². The molecule has 1 saturated heterocycles. The molecule has 1 aliphatic rings. The molecule has 0 unspecified atom stereocenters. The number of hydrazone groups is 1. The number of amides is 2. The summed E-state index contributed by atoms with van der Waals surface area (Å²) in [5.41, 5.74) is 3.04. The zero-order valence-electron chi connectivity index (χ0n) is 12.3. The molecule has 0 aromatic heterocycles. The van der Waals surface area contributed by atoms with Gasteiger partial charge in [0.2, 0.25) is 0 Å². The summed E-state index contributed by atoms with van der Waals surface area (Å²) in [7, 11) is 0. The molecule has 1 aliphatic heterocycles. The van der Waals surface area contributed by atoms with Gasteiger partial charge < -0.3 is 9.64 Å². The Labute approximate surface area is 129 Å². The number of ether oxygens (including phenoxy) is 1. The minimum absolute atomic E-state index is 0.447. The Hall–Kier alpha value is -2.63. The maximum atomic E-state index is 11.7. The van der Waals surface area contributed by atoms with E-state index in [1.807, 2.05) is 0 Å². The Kier molecular flexibility index (Phi) is 5.71. The molecular formula is C16H19N3O3. The maximum absolute atomic E-state index is 11.7. The second kappa shape index (κ2) is 7.97. The summed E-state index contributed by atoms with van der Waals surface area (Å²) >= 11 is 0. The van der Waals surface area contributed by atoms with Crippen LogP contribution in [0, 0.1) is 0 Å². The van der Waals surface area contributed by atoms with E-state index < -0.39 is 11.8 Å². The van der Waals surface area contributed by atoms with E-state index in [2.05, 4.69) is 17.1 Å². The predicted octanol–water partition coefficient (Wildman–Crippen LogP) is 1.32. The van der Waals surface area contributed by atoms with E-state index in [9.17, 15) is 9.59 Å². The summed E-state index contributed by atoms with van der Waals surface area (Å²) in [4.78, 5) is 24.9. The van der Waals surface area contributed by atoms with Crippen molar-refractivity contribution in [1.29, 1.82) is 0 Å². The third-order valence-electron chi connectivity index (χ3n) is 3.22. The van der Waals surface area contributed by atoms with Gasteiger partial charge in [0.25, 0.3) is 0 Å². The first kappa shape index (κ1) is 15.8. The quantitative estimate of drug-likeness (QED) is 0.386. The summed E-state index contributed by atoms with van der Waals surface area (Å²) in [6.07, 6.45) is 5.04. The molecule has 116 valence electrons. The highest BCUT2D eigenvalue weighted by Crippen LogP contribution is 2.11. The maximum Gasteiger partial charge on any atom is 0.329 e. The van der Waals surface area contributed by atoms with Gasteiger partial charge in [-0.1, -0.05) is 12.7 Å². The predicted molar refractivity (Wildman–Crippen MR) is 83.7 cm³/mol. The smallest absolute Gasteiger partial charge is 0.329 e. The van der Waals surface area contributed by atoms with E-state index >= 15 is 0 Å². The van der Waals surface area contributed by atoms with Crippen LogP contribution < -0.4 is 10.2 Å². The number of rotatable bonds is 5. The van der Waals surface area contributed by atoms with Gasteiger partial charge in [0, 0.05) is 13.1 Å². The van der Waals surface area contributed by atoms with Crippen molar-refractivity contribution >= 4 is 18.0 Å². The van der Waals surface area contributed by atoms with Crippen molar-refractivity contribution in [2.75, 3.05) is 19.7 Å². The van der Waals surface area contributed by atoms with Gasteiger partial charge in [0.15, 0.2) is 0 Å². The number of nitrogens with one attached hydrogen (secondary N) is 1. The highest BCUT2D eigenvalue weighted by molar-refractivity contribution is 6.35. The first-order valence-corrected chi connectivity index (χ1v) is 7.17. The minimum atomic E-state index is -0.705. The van der Waals surface area contributed by atoms with E-state index in [0.29, 0.717) is 19.7 Å². The molecule has 2 rings (SSSR count). The summed E-state index contributed by atoms with van der Waals surface area (Å²) < 4.78 is 5.36. The fraction of sp³-hybridized carbons (Fsp3) is 0.312.